The fourth-order valence-electron chi connectivity index (χ4n) is 1.35. The lowest BCUT2D eigenvalue weighted by Gasteiger charge is -2.01. The number of halogens is 1. The van der Waals surface area contributed by atoms with Crippen molar-refractivity contribution < 1.29 is 9.18 Å². The molecule has 1 aromatic heterocycles. The van der Waals surface area contributed by atoms with Gasteiger partial charge in [-0.15, -0.1) is 0 Å². The molecule has 0 aliphatic carbocycles. The van der Waals surface area contributed by atoms with E-state index in [9.17, 15) is 9.18 Å². The Balaban J connectivity index is 2.17. The predicted molar refractivity (Wildman–Crippen MR) is 55.1 cm³/mol. The maximum atomic E-state index is 12.9. The van der Waals surface area contributed by atoms with Gasteiger partial charge in [-0.3, -0.25) is 9.48 Å². The maximum Gasteiger partial charge on any atom is 0.269 e. The van der Waals surface area contributed by atoms with E-state index >= 15 is 0 Å². The summed E-state index contributed by atoms with van der Waals surface area (Å²) in [5.74, 6) is -0.929. The molecule has 2 N–H and O–H groups in total. The normalized spacial score (nSPS) is 10.3. The zero-order valence-electron chi connectivity index (χ0n) is 8.35. The van der Waals surface area contributed by atoms with E-state index in [-0.39, 0.29) is 11.5 Å². The molecule has 0 aliphatic heterocycles. The summed E-state index contributed by atoms with van der Waals surface area (Å²) in [7, 11) is 0. The van der Waals surface area contributed by atoms with Crippen molar-refractivity contribution in [2.45, 2.75) is 6.54 Å². The molecule has 2 rings (SSSR count). The molecule has 5 heteroatoms. The molecule has 81 valence electrons. The van der Waals surface area contributed by atoms with Gasteiger partial charge in [-0.1, -0.05) is 12.1 Å². The Morgan fingerprint density at radius 3 is 3.00 bits per heavy atom. The van der Waals surface area contributed by atoms with Crippen LogP contribution in [0.1, 0.15) is 16.1 Å². The summed E-state index contributed by atoms with van der Waals surface area (Å²) in [6.07, 6.45) is 1.50. The second-order valence-corrected chi connectivity index (χ2v) is 3.31. The highest BCUT2D eigenvalue weighted by Crippen LogP contribution is 2.05. The summed E-state index contributed by atoms with van der Waals surface area (Å²) in [4.78, 5) is 10.8. The predicted octanol–water partition coefficient (Wildman–Crippen LogP) is 0.970. The molecule has 0 saturated heterocycles. The van der Waals surface area contributed by atoms with Crippen LogP contribution in [0.4, 0.5) is 4.39 Å². The second-order valence-electron chi connectivity index (χ2n) is 3.31. The van der Waals surface area contributed by atoms with Crippen LogP contribution in [0.2, 0.25) is 0 Å². The number of rotatable bonds is 3. The first-order valence-corrected chi connectivity index (χ1v) is 4.64. The number of aromatic nitrogens is 2. The van der Waals surface area contributed by atoms with E-state index in [1.54, 1.807) is 12.1 Å². The molecule has 1 amide bonds. The van der Waals surface area contributed by atoms with Crippen LogP contribution in [0.3, 0.4) is 0 Å². The summed E-state index contributed by atoms with van der Waals surface area (Å²) in [6, 6.07) is 8.79. The van der Waals surface area contributed by atoms with E-state index in [0.29, 0.717) is 6.54 Å². The number of hydrogen-bond donors (Lipinski definition) is 1. The van der Waals surface area contributed by atoms with Crippen molar-refractivity contribution in [2.75, 3.05) is 0 Å². The Bertz CT molecular complexity index is 521. The van der Waals surface area contributed by atoms with Gasteiger partial charge in [0.25, 0.3) is 5.91 Å². The molecule has 0 spiro atoms. The van der Waals surface area contributed by atoms with Crippen LogP contribution < -0.4 is 5.73 Å². The van der Waals surface area contributed by atoms with Crippen LogP contribution >= 0.6 is 0 Å². The van der Waals surface area contributed by atoms with Crippen LogP contribution in [0.15, 0.2) is 30.5 Å². The summed E-state index contributed by atoms with van der Waals surface area (Å²) in [5.41, 5.74) is 5.88. The highest BCUT2D eigenvalue weighted by molar-refractivity contribution is 5.90. The molecule has 0 fully saturated rings. The fourth-order valence-corrected chi connectivity index (χ4v) is 1.35. The van der Waals surface area contributed by atoms with Crippen LogP contribution in [0, 0.1) is 11.9 Å². The first kappa shape index (κ1) is 10.4. The van der Waals surface area contributed by atoms with E-state index in [4.69, 9.17) is 5.73 Å². The summed E-state index contributed by atoms with van der Waals surface area (Å²) in [5, 5.41) is 3.90. The Morgan fingerprint density at radius 1 is 1.56 bits per heavy atom. The largest absolute Gasteiger partial charge is 0.364 e. The van der Waals surface area contributed by atoms with Crippen LogP contribution in [0.25, 0.3) is 0 Å². The van der Waals surface area contributed by atoms with Crippen molar-refractivity contribution in [3.8, 4) is 0 Å². The Hall–Kier alpha value is -2.17. The molecular weight excluding hydrogens is 209 g/mol. The molecule has 0 atom stereocenters. The molecule has 0 saturated carbocycles. The molecule has 1 aromatic carbocycles. The highest BCUT2D eigenvalue weighted by atomic mass is 19.1. The number of carbonyl (C=O) groups excluding carboxylic acids is 1. The third-order valence-electron chi connectivity index (χ3n) is 2.05. The van der Waals surface area contributed by atoms with Gasteiger partial charge in [0.15, 0.2) is 5.69 Å². The lowest BCUT2D eigenvalue weighted by atomic mass is 10.2. The van der Waals surface area contributed by atoms with Crippen LogP contribution in [-0.4, -0.2) is 15.7 Å². The molecule has 4 nitrogen and oxygen atoms in total. The van der Waals surface area contributed by atoms with Crippen molar-refractivity contribution in [1.82, 2.24) is 9.78 Å². The average Bonchev–Trinajstić information content (AvgIpc) is 2.66. The number of amides is 1. The lowest BCUT2D eigenvalue weighted by Crippen LogP contribution is -2.12. The van der Waals surface area contributed by atoms with Crippen molar-refractivity contribution >= 4 is 5.91 Å². The number of nitrogens with two attached hydrogens (primary N) is 1. The minimum absolute atomic E-state index is 0.0800. The van der Waals surface area contributed by atoms with Gasteiger partial charge in [0.05, 0.1) is 6.54 Å². The van der Waals surface area contributed by atoms with Gasteiger partial charge in [0.2, 0.25) is 0 Å². The van der Waals surface area contributed by atoms with Gasteiger partial charge in [0.1, 0.15) is 5.82 Å². The molecular formula is C11H9FN3O. The SMILES string of the molecule is NC(=O)c1[c]cn(Cc2cccc(F)c2)n1. The number of primary amides is 1. The van der Waals surface area contributed by atoms with Crippen molar-refractivity contribution in [2.24, 2.45) is 5.73 Å². The van der Waals surface area contributed by atoms with E-state index in [0.717, 1.165) is 5.56 Å². The Kier molecular flexibility index (Phi) is 2.68. The van der Waals surface area contributed by atoms with Crippen molar-refractivity contribution in [3.05, 3.63) is 53.6 Å². The van der Waals surface area contributed by atoms with Crippen molar-refractivity contribution in [1.29, 1.82) is 0 Å². The van der Waals surface area contributed by atoms with Gasteiger partial charge in [0, 0.05) is 12.3 Å². The first-order chi connectivity index (χ1) is 7.65. The zero-order chi connectivity index (χ0) is 11.5. The number of benzene rings is 1. The standard InChI is InChI=1S/C11H9FN3O/c12-9-3-1-2-8(6-9)7-15-5-4-10(14-15)11(13)16/h1-3,5-6H,7H2,(H2,13,16). The average molecular weight is 218 g/mol. The number of nitrogens with zero attached hydrogens (tertiary/aromatic N) is 2. The third-order valence-corrected chi connectivity index (χ3v) is 2.05. The van der Waals surface area contributed by atoms with Gasteiger partial charge >= 0.3 is 0 Å². The van der Waals surface area contributed by atoms with Crippen LogP contribution in [-0.2, 0) is 6.54 Å². The van der Waals surface area contributed by atoms with Gasteiger partial charge < -0.3 is 5.73 Å². The summed E-state index contributed by atoms with van der Waals surface area (Å²) >= 11 is 0. The Labute approximate surface area is 91.5 Å². The van der Waals surface area contributed by atoms with E-state index in [2.05, 4.69) is 11.2 Å². The molecule has 16 heavy (non-hydrogen) atoms. The minimum Gasteiger partial charge on any atom is -0.364 e. The molecule has 1 radical (unpaired) electrons. The van der Waals surface area contributed by atoms with E-state index in [1.807, 2.05) is 0 Å². The summed E-state index contributed by atoms with van der Waals surface area (Å²) in [6.45, 7) is 0.377. The van der Waals surface area contributed by atoms with Gasteiger partial charge in [-0.2, -0.15) is 5.10 Å². The van der Waals surface area contributed by atoms with Gasteiger partial charge in [-0.05, 0) is 17.7 Å². The van der Waals surface area contributed by atoms with E-state index < -0.39 is 5.91 Å². The van der Waals surface area contributed by atoms with E-state index in [1.165, 1.54) is 23.0 Å². The molecule has 0 aliphatic rings. The maximum absolute atomic E-state index is 12.9. The summed E-state index contributed by atoms with van der Waals surface area (Å²) < 4.78 is 14.4. The van der Waals surface area contributed by atoms with Gasteiger partial charge in [-0.25, -0.2) is 4.39 Å². The highest BCUT2D eigenvalue weighted by Gasteiger charge is 2.05. The second kappa shape index (κ2) is 4.14. The third kappa shape index (κ3) is 2.25. The molecule has 2 aromatic rings. The monoisotopic (exact) mass is 218 g/mol. The number of carbonyl (C=O) groups is 1. The van der Waals surface area contributed by atoms with Crippen molar-refractivity contribution in [3.63, 3.8) is 0 Å². The first-order valence-electron chi connectivity index (χ1n) is 4.64. The number of hydrogen-bond acceptors (Lipinski definition) is 2. The fraction of sp³-hybridized carbons (Fsp3) is 0.0909. The molecule has 0 unspecified atom stereocenters. The van der Waals surface area contributed by atoms with Crippen LogP contribution in [0.5, 0.6) is 0 Å². The smallest absolute Gasteiger partial charge is 0.269 e. The zero-order valence-corrected chi connectivity index (χ0v) is 8.35. The molecule has 1 heterocycles. The quantitative estimate of drug-likeness (QED) is 0.834. The minimum atomic E-state index is -0.627. The lowest BCUT2D eigenvalue weighted by molar-refractivity contribution is 0.0994. The topological polar surface area (TPSA) is 60.9 Å². The Morgan fingerprint density at radius 2 is 2.38 bits per heavy atom. The molecule has 0 bridgehead atoms.